The maximum absolute atomic E-state index is 12.7. The molecule has 134 valence electrons. The fourth-order valence-electron chi connectivity index (χ4n) is 2.33. The van der Waals surface area contributed by atoms with Gasteiger partial charge in [0.15, 0.2) is 5.69 Å². The minimum atomic E-state index is -0.676. The van der Waals surface area contributed by atoms with Gasteiger partial charge in [0, 0.05) is 27.9 Å². The van der Waals surface area contributed by atoms with Crippen molar-refractivity contribution >= 4 is 44.5 Å². The number of nitrogens with zero attached hydrogens (tertiary/aromatic N) is 3. The van der Waals surface area contributed by atoms with E-state index in [-0.39, 0.29) is 5.69 Å². The molecule has 1 N–H and O–H groups in total. The molecule has 0 radical (unpaired) electrons. The van der Waals surface area contributed by atoms with E-state index in [9.17, 15) is 9.59 Å². The van der Waals surface area contributed by atoms with Crippen LogP contribution in [-0.2, 0) is 4.74 Å². The van der Waals surface area contributed by atoms with Gasteiger partial charge >= 0.3 is 6.09 Å². The van der Waals surface area contributed by atoms with Gasteiger partial charge in [0.05, 0.1) is 5.52 Å². The number of carbonyl (C=O) groups is 2. The molecule has 26 heavy (non-hydrogen) atoms. The highest BCUT2D eigenvalue weighted by atomic mass is 79.9. The molecule has 2 aromatic heterocycles. The Hall–Kier alpha value is -2.74. The summed E-state index contributed by atoms with van der Waals surface area (Å²) in [5.41, 5.74) is 0.524. The number of hydrogen-bond acceptors (Lipinski definition) is 5. The summed E-state index contributed by atoms with van der Waals surface area (Å²) in [5, 5.41) is 7.49. The molecule has 0 spiro atoms. The fourth-order valence-corrected chi connectivity index (χ4v) is 2.69. The minimum absolute atomic E-state index is 0.129. The van der Waals surface area contributed by atoms with Crippen LogP contribution in [0.1, 0.15) is 31.3 Å². The number of nitrogens with one attached hydrogen (secondary N) is 1. The predicted molar refractivity (Wildman–Crippen MR) is 101 cm³/mol. The van der Waals surface area contributed by atoms with E-state index in [0.29, 0.717) is 16.6 Å². The van der Waals surface area contributed by atoms with Gasteiger partial charge in [-0.3, -0.25) is 9.78 Å². The summed E-state index contributed by atoms with van der Waals surface area (Å²) in [5.74, 6) is -0.429. The standard InChI is InChI=1S/C18H17BrN4O3/c1-18(2,3)26-17(25)23-14-5-4-11(19)10-13(14)15(22-23)16(24)21-12-6-8-20-9-7-12/h4-10H,1-3H3,(H,20,21,24). The molecule has 0 atom stereocenters. The van der Waals surface area contributed by atoms with Gasteiger partial charge in [0.25, 0.3) is 5.91 Å². The van der Waals surface area contributed by atoms with E-state index in [1.807, 2.05) is 0 Å². The topological polar surface area (TPSA) is 86.1 Å². The van der Waals surface area contributed by atoms with Crippen molar-refractivity contribution < 1.29 is 14.3 Å². The van der Waals surface area contributed by atoms with Crippen LogP contribution in [0.2, 0.25) is 0 Å². The summed E-state index contributed by atoms with van der Waals surface area (Å²) in [6, 6.07) is 8.56. The van der Waals surface area contributed by atoms with E-state index in [0.717, 1.165) is 9.15 Å². The van der Waals surface area contributed by atoms with E-state index in [4.69, 9.17) is 4.74 Å². The van der Waals surface area contributed by atoms with Crippen molar-refractivity contribution in [3.05, 3.63) is 52.9 Å². The van der Waals surface area contributed by atoms with Crippen LogP contribution < -0.4 is 5.32 Å². The van der Waals surface area contributed by atoms with Gasteiger partial charge in [-0.25, -0.2) is 4.79 Å². The molecule has 1 aromatic carbocycles. The first-order valence-corrected chi connectivity index (χ1v) is 8.67. The lowest BCUT2D eigenvalue weighted by atomic mass is 10.2. The molecular formula is C18H17BrN4O3. The van der Waals surface area contributed by atoms with Crippen LogP contribution in [-0.4, -0.2) is 32.4 Å². The second kappa shape index (κ2) is 6.87. The van der Waals surface area contributed by atoms with Gasteiger partial charge in [-0.05, 0) is 51.1 Å². The number of amides is 1. The van der Waals surface area contributed by atoms with Crippen LogP contribution in [0, 0.1) is 0 Å². The number of fused-ring (bicyclic) bond motifs is 1. The van der Waals surface area contributed by atoms with Crippen LogP contribution >= 0.6 is 15.9 Å². The summed E-state index contributed by atoms with van der Waals surface area (Å²) in [6.07, 6.45) is 2.50. The molecule has 8 heteroatoms. The molecule has 0 saturated carbocycles. The second-order valence-corrected chi connectivity index (χ2v) is 7.51. The Morgan fingerprint density at radius 2 is 1.85 bits per heavy atom. The molecule has 7 nitrogen and oxygen atoms in total. The number of ether oxygens (including phenoxy) is 1. The van der Waals surface area contributed by atoms with Crippen molar-refractivity contribution in [1.29, 1.82) is 0 Å². The first kappa shape index (κ1) is 18.1. The predicted octanol–water partition coefficient (Wildman–Crippen LogP) is 4.23. The quantitative estimate of drug-likeness (QED) is 0.675. The van der Waals surface area contributed by atoms with E-state index >= 15 is 0 Å². The van der Waals surface area contributed by atoms with E-state index in [2.05, 4.69) is 31.3 Å². The van der Waals surface area contributed by atoms with Crippen LogP contribution in [0.5, 0.6) is 0 Å². The summed E-state index contributed by atoms with van der Waals surface area (Å²) in [7, 11) is 0. The molecule has 2 heterocycles. The zero-order valence-electron chi connectivity index (χ0n) is 14.5. The van der Waals surface area contributed by atoms with E-state index < -0.39 is 17.6 Å². The first-order chi connectivity index (χ1) is 12.2. The number of carbonyl (C=O) groups excluding carboxylic acids is 2. The minimum Gasteiger partial charge on any atom is -0.442 e. The van der Waals surface area contributed by atoms with E-state index in [1.165, 1.54) is 0 Å². The summed E-state index contributed by atoms with van der Waals surface area (Å²) in [4.78, 5) is 29.1. The summed E-state index contributed by atoms with van der Waals surface area (Å²) in [6.45, 7) is 5.30. The Bertz CT molecular complexity index is 977. The number of halogens is 1. The van der Waals surface area contributed by atoms with Crippen LogP contribution in [0.15, 0.2) is 47.2 Å². The average molecular weight is 417 g/mol. The van der Waals surface area contributed by atoms with Gasteiger partial charge in [-0.1, -0.05) is 15.9 Å². The highest BCUT2D eigenvalue weighted by Gasteiger charge is 2.24. The van der Waals surface area contributed by atoms with Crippen molar-refractivity contribution in [2.45, 2.75) is 26.4 Å². The number of benzene rings is 1. The first-order valence-electron chi connectivity index (χ1n) is 7.87. The fraction of sp³-hybridized carbons (Fsp3) is 0.222. The maximum Gasteiger partial charge on any atom is 0.435 e. The summed E-state index contributed by atoms with van der Waals surface area (Å²) < 4.78 is 7.26. The Balaban J connectivity index is 2.03. The van der Waals surface area contributed by atoms with Crippen molar-refractivity contribution in [2.75, 3.05) is 5.32 Å². The molecule has 0 aliphatic carbocycles. The molecule has 0 aliphatic rings. The van der Waals surface area contributed by atoms with Crippen molar-refractivity contribution in [1.82, 2.24) is 14.8 Å². The Morgan fingerprint density at radius 3 is 2.50 bits per heavy atom. The highest BCUT2D eigenvalue weighted by molar-refractivity contribution is 9.10. The molecule has 0 bridgehead atoms. The maximum atomic E-state index is 12.7. The van der Waals surface area contributed by atoms with Crippen molar-refractivity contribution in [3.63, 3.8) is 0 Å². The summed E-state index contributed by atoms with van der Waals surface area (Å²) >= 11 is 3.38. The van der Waals surface area contributed by atoms with Gasteiger partial charge in [-0.15, -0.1) is 0 Å². The zero-order valence-corrected chi connectivity index (χ0v) is 16.1. The lowest BCUT2D eigenvalue weighted by Gasteiger charge is -2.19. The number of hydrogen-bond donors (Lipinski definition) is 1. The molecule has 3 rings (SSSR count). The monoisotopic (exact) mass is 416 g/mol. The lowest BCUT2D eigenvalue weighted by Crippen LogP contribution is -2.28. The average Bonchev–Trinajstić information content (AvgIpc) is 2.93. The van der Waals surface area contributed by atoms with Crippen molar-refractivity contribution in [3.8, 4) is 0 Å². The van der Waals surface area contributed by atoms with Crippen molar-refractivity contribution in [2.24, 2.45) is 0 Å². The van der Waals surface area contributed by atoms with Crippen LogP contribution in [0.25, 0.3) is 10.9 Å². The molecule has 0 unspecified atom stereocenters. The second-order valence-electron chi connectivity index (χ2n) is 6.59. The molecule has 0 aliphatic heterocycles. The van der Waals surface area contributed by atoms with Gasteiger partial charge < -0.3 is 10.1 Å². The molecule has 3 aromatic rings. The van der Waals surface area contributed by atoms with Gasteiger partial charge in [0.2, 0.25) is 0 Å². The zero-order chi connectivity index (χ0) is 18.9. The highest BCUT2D eigenvalue weighted by Crippen LogP contribution is 2.25. The van der Waals surface area contributed by atoms with Gasteiger partial charge in [0.1, 0.15) is 5.60 Å². The number of anilines is 1. The third kappa shape index (κ3) is 3.91. The Kier molecular flexibility index (Phi) is 4.78. The Morgan fingerprint density at radius 1 is 1.15 bits per heavy atom. The molecule has 0 fully saturated rings. The molecule has 0 saturated heterocycles. The smallest absolute Gasteiger partial charge is 0.435 e. The van der Waals surface area contributed by atoms with E-state index in [1.54, 1.807) is 63.5 Å². The van der Waals surface area contributed by atoms with Gasteiger partial charge in [-0.2, -0.15) is 9.78 Å². The third-order valence-electron chi connectivity index (χ3n) is 3.36. The largest absolute Gasteiger partial charge is 0.442 e. The number of pyridine rings is 1. The SMILES string of the molecule is CC(C)(C)OC(=O)n1nc(C(=O)Nc2ccncc2)c2cc(Br)ccc21. The molecule has 1 amide bonds. The van der Waals surface area contributed by atoms with Crippen LogP contribution in [0.3, 0.4) is 0 Å². The normalized spacial score (nSPS) is 11.4. The van der Waals surface area contributed by atoms with Crippen LogP contribution in [0.4, 0.5) is 10.5 Å². The third-order valence-corrected chi connectivity index (χ3v) is 3.85. The number of rotatable bonds is 2. The lowest BCUT2D eigenvalue weighted by molar-refractivity contribution is 0.0522. The Labute approximate surface area is 158 Å². The molecular weight excluding hydrogens is 400 g/mol. The number of aromatic nitrogens is 3.